The third kappa shape index (κ3) is 3.01. The number of benzene rings is 1. The van der Waals surface area contributed by atoms with E-state index in [0.717, 1.165) is 32.1 Å². The lowest BCUT2D eigenvalue weighted by atomic mass is 10.1. The fourth-order valence-electron chi connectivity index (χ4n) is 2.74. The average Bonchev–Trinajstić information content (AvgIpc) is 2.74. The van der Waals surface area contributed by atoms with Gasteiger partial charge in [-0.2, -0.15) is 0 Å². The summed E-state index contributed by atoms with van der Waals surface area (Å²) in [5, 5.41) is 0. The molecule has 0 aliphatic carbocycles. The Hall–Kier alpha value is -1.82. The van der Waals surface area contributed by atoms with Crippen LogP contribution in [0, 0.1) is 11.7 Å². The number of carbonyl (C=O) groups is 1. The summed E-state index contributed by atoms with van der Waals surface area (Å²) >= 11 is 0. The minimum Gasteiger partial charge on any atom is -0.398 e. The van der Waals surface area contributed by atoms with Crippen molar-refractivity contribution in [3.8, 4) is 0 Å². The number of rotatable bonds is 4. The van der Waals surface area contributed by atoms with Crippen LogP contribution in [0.4, 0.5) is 15.8 Å². The molecule has 1 fully saturated rings. The predicted molar refractivity (Wildman–Crippen MR) is 78.2 cm³/mol. The molecule has 0 radical (unpaired) electrons. The summed E-state index contributed by atoms with van der Waals surface area (Å²) in [6, 6.07) is 2.60. The minimum atomic E-state index is -0.641. The zero-order valence-electron chi connectivity index (χ0n) is 11.9. The molecule has 1 atom stereocenters. The Kier molecular flexibility index (Phi) is 4.13. The maximum absolute atomic E-state index is 14.0. The molecule has 0 saturated carbocycles. The van der Waals surface area contributed by atoms with Crippen molar-refractivity contribution in [3.05, 3.63) is 23.5 Å². The van der Waals surface area contributed by atoms with Gasteiger partial charge in [0.2, 0.25) is 0 Å². The molecule has 0 bridgehead atoms. The number of hydrogen-bond acceptors (Lipinski definition) is 4. The molecule has 2 rings (SSSR count). The van der Waals surface area contributed by atoms with Gasteiger partial charge in [0.05, 0.1) is 11.3 Å². The Morgan fingerprint density at radius 1 is 1.55 bits per heavy atom. The first kappa shape index (κ1) is 14.6. The van der Waals surface area contributed by atoms with Gasteiger partial charge in [0.25, 0.3) is 5.91 Å². The van der Waals surface area contributed by atoms with Crippen molar-refractivity contribution in [3.63, 3.8) is 0 Å². The molecule has 1 aromatic rings. The molecule has 1 heterocycles. The van der Waals surface area contributed by atoms with E-state index < -0.39 is 11.7 Å². The fourth-order valence-corrected chi connectivity index (χ4v) is 2.74. The number of halogens is 1. The molecular formula is C14H21FN4O. The van der Waals surface area contributed by atoms with Gasteiger partial charge in [0.1, 0.15) is 5.82 Å². The van der Waals surface area contributed by atoms with Crippen LogP contribution in [0.5, 0.6) is 0 Å². The first-order chi connectivity index (χ1) is 9.38. The van der Waals surface area contributed by atoms with E-state index in [0.29, 0.717) is 11.6 Å². The highest BCUT2D eigenvalue weighted by Gasteiger charge is 2.22. The number of likely N-dealkylation sites (tertiary alicyclic amines) is 1. The van der Waals surface area contributed by atoms with Crippen LogP contribution in [0.15, 0.2) is 12.1 Å². The van der Waals surface area contributed by atoms with Crippen molar-refractivity contribution >= 4 is 17.3 Å². The number of anilines is 2. The Bertz CT molecular complexity index is 520. The molecule has 1 saturated heterocycles. The molecular weight excluding hydrogens is 259 g/mol. The van der Waals surface area contributed by atoms with Crippen molar-refractivity contribution in [1.29, 1.82) is 0 Å². The maximum atomic E-state index is 14.0. The SMILES string of the molecule is CN1CCC(CN(C)c2cc(C(N)=O)c(N)cc2F)C1. The molecule has 1 aliphatic heterocycles. The predicted octanol–water partition coefficient (Wildman–Crippen LogP) is 0.895. The van der Waals surface area contributed by atoms with Gasteiger partial charge in [-0.1, -0.05) is 0 Å². The number of carbonyl (C=O) groups excluding carboxylic acids is 1. The van der Waals surface area contributed by atoms with Crippen molar-refractivity contribution < 1.29 is 9.18 Å². The van der Waals surface area contributed by atoms with Crippen molar-refractivity contribution in [1.82, 2.24) is 4.90 Å². The van der Waals surface area contributed by atoms with Crippen LogP contribution in [0.2, 0.25) is 0 Å². The van der Waals surface area contributed by atoms with Gasteiger partial charge in [0.15, 0.2) is 0 Å². The van der Waals surface area contributed by atoms with E-state index in [1.54, 1.807) is 0 Å². The van der Waals surface area contributed by atoms with Crippen LogP contribution in [0.3, 0.4) is 0 Å². The van der Waals surface area contributed by atoms with Gasteiger partial charge >= 0.3 is 0 Å². The Morgan fingerprint density at radius 2 is 2.25 bits per heavy atom. The molecule has 0 spiro atoms. The average molecular weight is 280 g/mol. The molecule has 110 valence electrons. The van der Waals surface area contributed by atoms with Gasteiger partial charge in [-0.05, 0) is 38.1 Å². The zero-order valence-corrected chi connectivity index (χ0v) is 11.9. The largest absolute Gasteiger partial charge is 0.398 e. The molecule has 5 nitrogen and oxygen atoms in total. The Morgan fingerprint density at radius 3 is 2.80 bits per heavy atom. The number of nitrogen functional groups attached to an aromatic ring is 1. The second-order valence-electron chi connectivity index (χ2n) is 5.55. The van der Waals surface area contributed by atoms with E-state index in [-0.39, 0.29) is 11.3 Å². The first-order valence-corrected chi connectivity index (χ1v) is 6.67. The second kappa shape index (κ2) is 5.66. The summed E-state index contributed by atoms with van der Waals surface area (Å²) < 4.78 is 14.0. The van der Waals surface area contributed by atoms with Gasteiger partial charge in [-0.3, -0.25) is 4.79 Å². The zero-order chi connectivity index (χ0) is 14.9. The van der Waals surface area contributed by atoms with Crippen LogP contribution in [-0.4, -0.2) is 44.5 Å². The Balaban J connectivity index is 2.18. The van der Waals surface area contributed by atoms with Crippen LogP contribution >= 0.6 is 0 Å². The van der Waals surface area contributed by atoms with Gasteiger partial charge in [0, 0.05) is 25.8 Å². The van der Waals surface area contributed by atoms with E-state index in [4.69, 9.17) is 11.5 Å². The fraction of sp³-hybridized carbons (Fsp3) is 0.500. The van der Waals surface area contributed by atoms with Crippen molar-refractivity contribution in [2.24, 2.45) is 11.7 Å². The summed E-state index contributed by atoms with van der Waals surface area (Å²) in [7, 11) is 3.90. The van der Waals surface area contributed by atoms with E-state index in [1.807, 2.05) is 11.9 Å². The smallest absolute Gasteiger partial charge is 0.250 e. The molecule has 4 N–H and O–H groups in total. The number of amides is 1. The van der Waals surface area contributed by atoms with Crippen molar-refractivity contribution in [2.45, 2.75) is 6.42 Å². The molecule has 1 amide bonds. The topological polar surface area (TPSA) is 75.6 Å². The number of nitrogens with two attached hydrogens (primary N) is 2. The third-order valence-electron chi connectivity index (χ3n) is 3.82. The van der Waals surface area contributed by atoms with E-state index in [1.165, 1.54) is 6.07 Å². The summed E-state index contributed by atoms with van der Waals surface area (Å²) in [6.07, 6.45) is 1.10. The quantitative estimate of drug-likeness (QED) is 0.803. The van der Waals surface area contributed by atoms with E-state index in [9.17, 15) is 9.18 Å². The first-order valence-electron chi connectivity index (χ1n) is 6.67. The van der Waals surface area contributed by atoms with Crippen LogP contribution in [0.25, 0.3) is 0 Å². The Labute approximate surface area is 118 Å². The maximum Gasteiger partial charge on any atom is 0.250 e. The highest BCUT2D eigenvalue weighted by molar-refractivity contribution is 5.99. The molecule has 0 aromatic heterocycles. The molecule has 1 unspecified atom stereocenters. The highest BCUT2D eigenvalue weighted by atomic mass is 19.1. The summed E-state index contributed by atoms with van der Waals surface area (Å²) in [5.74, 6) is -0.571. The summed E-state index contributed by atoms with van der Waals surface area (Å²) in [6.45, 7) is 2.81. The standard InChI is InChI=1S/C14H21FN4O/c1-18-4-3-9(7-18)8-19(2)13-5-10(14(17)20)12(16)6-11(13)15/h5-6,9H,3-4,7-8,16H2,1-2H3,(H2,17,20). The molecule has 1 aliphatic rings. The monoisotopic (exact) mass is 280 g/mol. The second-order valence-corrected chi connectivity index (χ2v) is 5.55. The number of primary amides is 1. The number of nitrogens with zero attached hydrogens (tertiary/aromatic N) is 2. The summed E-state index contributed by atoms with van der Waals surface area (Å²) in [4.78, 5) is 15.4. The van der Waals surface area contributed by atoms with Gasteiger partial charge in [-0.15, -0.1) is 0 Å². The lowest BCUT2D eigenvalue weighted by molar-refractivity contribution is 0.100. The van der Waals surface area contributed by atoms with Crippen molar-refractivity contribution in [2.75, 3.05) is 44.4 Å². The van der Waals surface area contributed by atoms with Crippen LogP contribution in [-0.2, 0) is 0 Å². The van der Waals surface area contributed by atoms with E-state index in [2.05, 4.69) is 11.9 Å². The lowest BCUT2D eigenvalue weighted by Crippen LogP contribution is -2.28. The molecule has 1 aromatic carbocycles. The molecule has 20 heavy (non-hydrogen) atoms. The van der Waals surface area contributed by atoms with Gasteiger partial charge < -0.3 is 21.3 Å². The number of hydrogen-bond donors (Lipinski definition) is 2. The van der Waals surface area contributed by atoms with Crippen LogP contribution in [0.1, 0.15) is 16.8 Å². The highest BCUT2D eigenvalue weighted by Crippen LogP contribution is 2.26. The van der Waals surface area contributed by atoms with Crippen LogP contribution < -0.4 is 16.4 Å². The van der Waals surface area contributed by atoms with E-state index >= 15 is 0 Å². The lowest BCUT2D eigenvalue weighted by Gasteiger charge is -2.24. The third-order valence-corrected chi connectivity index (χ3v) is 3.82. The van der Waals surface area contributed by atoms with Gasteiger partial charge in [-0.25, -0.2) is 4.39 Å². The molecule has 6 heteroatoms. The minimum absolute atomic E-state index is 0.0766. The summed E-state index contributed by atoms with van der Waals surface area (Å²) in [5.41, 5.74) is 11.5. The normalized spacial score (nSPS) is 19.2.